The van der Waals surface area contributed by atoms with Crippen molar-refractivity contribution >= 4 is 26.5 Å². The van der Waals surface area contributed by atoms with Crippen molar-refractivity contribution in [3.63, 3.8) is 0 Å². The lowest BCUT2D eigenvalue weighted by atomic mass is 10.1. The standard InChI is InChI=1S/C23H26N2O4S/c1-28-19-9-7-18(8-10-19)25-15-13-17(14-16-25)24-30(26,27)23-12-11-22(29-2)20-5-3-4-6-21(20)23/h3-12,17,24H,13-16H2,1-2H3. The van der Waals surface area contributed by atoms with Gasteiger partial charge >= 0.3 is 0 Å². The van der Waals surface area contributed by atoms with E-state index in [0.717, 1.165) is 42.8 Å². The Morgan fingerprint density at radius 2 is 1.53 bits per heavy atom. The van der Waals surface area contributed by atoms with E-state index in [9.17, 15) is 8.42 Å². The highest BCUT2D eigenvalue weighted by molar-refractivity contribution is 7.89. The molecule has 0 radical (unpaired) electrons. The van der Waals surface area contributed by atoms with Crippen LogP contribution in [0.25, 0.3) is 10.8 Å². The highest BCUT2D eigenvalue weighted by Crippen LogP contribution is 2.31. The van der Waals surface area contributed by atoms with Crippen molar-refractivity contribution in [1.29, 1.82) is 0 Å². The summed E-state index contributed by atoms with van der Waals surface area (Å²) < 4.78 is 39.8. The molecular formula is C23H26N2O4S. The summed E-state index contributed by atoms with van der Waals surface area (Å²) in [7, 11) is -0.404. The summed E-state index contributed by atoms with van der Waals surface area (Å²) >= 11 is 0. The zero-order valence-electron chi connectivity index (χ0n) is 17.2. The molecule has 0 bridgehead atoms. The van der Waals surface area contributed by atoms with Crippen LogP contribution < -0.4 is 19.1 Å². The maximum absolute atomic E-state index is 13.2. The average molecular weight is 427 g/mol. The van der Waals surface area contributed by atoms with Gasteiger partial charge in [-0.3, -0.25) is 0 Å². The third-order valence-corrected chi connectivity index (χ3v) is 7.19. The molecule has 6 nitrogen and oxygen atoms in total. The van der Waals surface area contributed by atoms with Crippen molar-refractivity contribution in [1.82, 2.24) is 4.72 Å². The van der Waals surface area contributed by atoms with Crippen LogP contribution in [0.4, 0.5) is 5.69 Å². The molecule has 1 aliphatic rings. The van der Waals surface area contributed by atoms with Gasteiger partial charge in [0.05, 0.1) is 19.1 Å². The number of methoxy groups -OCH3 is 2. The SMILES string of the molecule is COc1ccc(N2CCC(NS(=O)(=O)c3ccc(OC)c4ccccc34)CC2)cc1. The zero-order valence-corrected chi connectivity index (χ0v) is 18.0. The topological polar surface area (TPSA) is 67.9 Å². The van der Waals surface area contributed by atoms with Gasteiger partial charge in [-0.1, -0.05) is 24.3 Å². The second-order valence-electron chi connectivity index (χ2n) is 7.39. The molecule has 0 spiro atoms. The molecule has 1 heterocycles. The lowest BCUT2D eigenvalue weighted by molar-refractivity contribution is 0.414. The normalized spacial score (nSPS) is 15.3. The van der Waals surface area contributed by atoms with Crippen LogP contribution in [0.3, 0.4) is 0 Å². The van der Waals surface area contributed by atoms with Crippen LogP contribution in [0.15, 0.2) is 65.6 Å². The molecule has 0 saturated carbocycles. The molecule has 1 N–H and O–H groups in total. The molecule has 3 aromatic carbocycles. The summed E-state index contributed by atoms with van der Waals surface area (Å²) in [4.78, 5) is 2.56. The first-order chi connectivity index (χ1) is 14.5. The molecule has 0 amide bonds. The van der Waals surface area contributed by atoms with E-state index < -0.39 is 10.0 Å². The number of piperidine rings is 1. The minimum absolute atomic E-state index is 0.0923. The van der Waals surface area contributed by atoms with E-state index in [1.165, 1.54) is 0 Å². The van der Waals surface area contributed by atoms with Crippen molar-refractivity contribution in [2.24, 2.45) is 0 Å². The lowest BCUT2D eigenvalue weighted by Gasteiger charge is -2.34. The zero-order chi connectivity index (χ0) is 21.1. The molecule has 1 aliphatic heterocycles. The molecule has 0 aliphatic carbocycles. The molecule has 158 valence electrons. The quantitative estimate of drug-likeness (QED) is 0.649. The van der Waals surface area contributed by atoms with Gasteiger partial charge in [-0.15, -0.1) is 0 Å². The fraction of sp³-hybridized carbons (Fsp3) is 0.304. The van der Waals surface area contributed by atoms with Crippen molar-refractivity contribution in [3.05, 3.63) is 60.7 Å². The Morgan fingerprint density at radius 3 is 2.17 bits per heavy atom. The molecule has 0 aromatic heterocycles. The van der Waals surface area contributed by atoms with Crippen molar-refractivity contribution in [2.75, 3.05) is 32.2 Å². The van der Waals surface area contributed by atoms with Crippen molar-refractivity contribution in [3.8, 4) is 11.5 Å². The number of hydrogen-bond donors (Lipinski definition) is 1. The van der Waals surface area contributed by atoms with Crippen LogP contribution in [0, 0.1) is 0 Å². The number of rotatable bonds is 6. The van der Waals surface area contributed by atoms with Crippen LogP contribution in [-0.4, -0.2) is 41.8 Å². The van der Waals surface area contributed by atoms with Gasteiger partial charge in [0.2, 0.25) is 10.0 Å². The van der Waals surface area contributed by atoms with E-state index in [1.807, 2.05) is 48.5 Å². The second kappa shape index (κ2) is 8.53. The van der Waals surface area contributed by atoms with Gasteiger partial charge in [0.25, 0.3) is 0 Å². The highest BCUT2D eigenvalue weighted by Gasteiger charge is 2.26. The molecular weight excluding hydrogens is 400 g/mol. The van der Waals surface area contributed by atoms with Crippen LogP contribution in [0.2, 0.25) is 0 Å². The van der Waals surface area contributed by atoms with Crippen LogP contribution in [-0.2, 0) is 10.0 Å². The number of sulfonamides is 1. The molecule has 7 heteroatoms. The van der Waals surface area contributed by atoms with Gasteiger partial charge in [-0.2, -0.15) is 0 Å². The van der Waals surface area contributed by atoms with Crippen LogP contribution >= 0.6 is 0 Å². The molecule has 1 saturated heterocycles. The average Bonchev–Trinajstić information content (AvgIpc) is 2.78. The molecule has 4 rings (SSSR count). The number of fused-ring (bicyclic) bond motifs is 1. The molecule has 3 aromatic rings. The molecule has 0 unspecified atom stereocenters. The Morgan fingerprint density at radius 1 is 0.867 bits per heavy atom. The third-order valence-electron chi connectivity index (χ3n) is 5.61. The first-order valence-electron chi connectivity index (χ1n) is 9.99. The number of anilines is 1. The summed E-state index contributed by atoms with van der Waals surface area (Å²) in [5.41, 5.74) is 1.12. The number of hydrogen-bond acceptors (Lipinski definition) is 5. The number of nitrogens with zero attached hydrogens (tertiary/aromatic N) is 1. The van der Waals surface area contributed by atoms with Crippen LogP contribution in [0.5, 0.6) is 11.5 Å². The van der Waals surface area contributed by atoms with E-state index in [0.29, 0.717) is 11.1 Å². The summed E-state index contributed by atoms with van der Waals surface area (Å²) in [6.07, 6.45) is 1.50. The van der Waals surface area contributed by atoms with Crippen molar-refractivity contribution in [2.45, 2.75) is 23.8 Å². The van der Waals surface area contributed by atoms with Gasteiger partial charge in [-0.05, 0) is 49.2 Å². The number of nitrogens with one attached hydrogen (secondary N) is 1. The van der Waals surface area contributed by atoms with Gasteiger partial charge in [0.1, 0.15) is 11.5 Å². The van der Waals surface area contributed by atoms with E-state index >= 15 is 0 Å². The maximum atomic E-state index is 13.2. The second-order valence-corrected chi connectivity index (χ2v) is 9.07. The largest absolute Gasteiger partial charge is 0.497 e. The highest BCUT2D eigenvalue weighted by atomic mass is 32.2. The molecule has 0 atom stereocenters. The Bertz CT molecular complexity index is 1120. The Hall–Kier alpha value is -2.77. The minimum Gasteiger partial charge on any atom is -0.497 e. The van der Waals surface area contributed by atoms with E-state index in [4.69, 9.17) is 9.47 Å². The maximum Gasteiger partial charge on any atom is 0.241 e. The smallest absolute Gasteiger partial charge is 0.241 e. The Labute approximate surface area is 177 Å². The summed E-state index contributed by atoms with van der Waals surface area (Å²) in [5.74, 6) is 1.49. The third kappa shape index (κ3) is 4.08. The van der Waals surface area contributed by atoms with E-state index in [-0.39, 0.29) is 10.9 Å². The summed E-state index contributed by atoms with van der Waals surface area (Å²) in [5, 5.41) is 1.46. The predicted molar refractivity (Wildman–Crippen MR) is 119 cm³/mol. The Balaban J connectivity index is 1.48. The summed E-state index contributed by atoms with van der Waals surface area (Å²) in [6, 6.07) is 18.6. The number of ether oxygens (including phenoxy) is 2. The molecule has 1 fully saturated rings. The fourth-order valence-electron chi connectivity index (χ4n) is 3.99. The first-order valence-corrected chi connectivity index (χ1v) is 11.5. The van der Waals surface area contributed by atoms with Gasteiger partial charge in [0, 0.05) is 35.6 Å². The lowest BCUT2D eigenvalue weighted by Crippen LogP contribution is -2.44. The summed E-state index contributed by atoms with van der Waals surface area (Å²) in [6.45, 7) is 1.59. The van der Waals surface area contributed by atoms with Gasteiger partial charge < -0.3 is 14.4 Å². The minimum atomic E-state index is -3.64. The fourth-order valence-corrected chi connectivity index (χ4v) is 5.50. The molecule has 30 heavy (non-hydrogen) atoms. The Kier molecular flexibility index (Phi) is 5.83. The van der Waals surface area contributed by atoms with E-state index in [2.05, 4.69) is 9.62 Å². The monoisotopic (exact) mass is 426 g/mol. The van der Waals surface area contributed by atoms with Crippen LogP contribution in [0.1, 0.15) is 12.8 Å². The first kappa shape index (κ1) is 20.5. The number of benzene rings is 3. The van der Waals surface area contributed by atoms with Crippen molar-refractivity contribution < 1.29 is 17.9 Å². The van der Waals surface area contributed by atoms with Gasteiger partial charge in [0.15, 0.2) is 0 Å². The van der Waals surface area contributed by atoms with Gasteiger partial charge in [-0.25, -0.2) is 13.1 Å². The predicted octanol–water partition coefficient (Wildman–Crippen LogP) is 3.80. The van der Waals surface area contributed by atoms with E-state index in [1.54, 1.807) is 26.4 Å².